The molecule has 0 bridgehead atoms. The van der Waals surface area contributed by atoms with Gasteiger partial charge in [0.25, 0.3) is 0 Å². The Labute approximate surface area is 153 Å². The van der Waals surface area contributed by atoms with Crippen molar-refractivity contribution >= 4 is 6.03 Å². The zero-order chi connectivity index (χ0) is 18.4. The zero-order valence-electron chi connectivity index (χ0n) is 15.4. The number of carbonyl (C=O) groups is 1. The number of nitrogens with one attached hydrogen (secondary N) is 2. The lowest BCUT2D eigenvalue weighted by atomic mass is 9.91. The van der Waals surface area contributed by atoms with Crippen molar-refractivity contribution in [2.75, 3.05) is 19.8 Å². The Bertz CT molecular complexity index is 677. The molecule has 8 nitrogen and oxygen atoms in total. The minimum absolute atomic E-state index is 0.179. The highest BCUT2D eigenvalue weighted by Gasteiger charge is 2.31. The Morgan fingerprint density at radius 3 is 2.69 bits per heavy atom. The number of amides is 2. The van der Waals surface area contributed by atoms with Crippen LogP contribution in [0.5, 0.6) is 0 Å². The largest absolute Gasteiger partial charge is 0.381 e. The van der Waals surface area contributed by atoms with Crippen LogP contribution >= 0.6 is 0 Å². The van der Waals surface area contributed by atoms with Gasteiger partial charge in [-0.2, -0.15) is 4.98 Å². The van der Waals surface area contributed by atoms with Crippen LogP contribution in [0.3, 0.4) is 0 Å². The van der Waals surface area contributed by atoms with Gasteiger partial charge < -0.3 is 24.5 Å². The van der Waals surface area contributed by atoms with Gasteiger partial charge in [-0.05, 0) is 30.9 Å². The van der Waals surface area contributed by atoms with Crippen LogP contribution in [0.4, 0.5) is 4.79 Å². The molecular formula is C18H27N5O3. The predicted octanol–water partition coefficient (Wildman–Crippen LogP) is 2.46. The van der Waals surface area contributed by atoms with E-state index in [1.54, 1.807) is 0 Å². The summed E-state index contributed by atoms with van der Waals surface area (Å²) in [4.78, 5) is 16.9. The predicted molar refractivity (Wildman–Crippen MR) is 95.6 cm³/mol. The van der Waals surface area contributed by atoms with Gasteiger partial charge in [-0.15, -0.1) is 0 Å². The smallest absolute Gasteiger partial charge is 0.315 e. The van der Waals surface area contributed by atoms with Crippen LogP contribution in [0.2, 0.25) is 0 Å². The molecule has 8 heteroatoms. The van der Waals surface area contributed by atoms with Crippen LogP contribution in [0.1, 0.15) is 50.4 Å². The van der Waals surface area contributed by atoms with Crippen molar-refractivity contribution in [3.05, 3.63) is 36.2 Å². The molecule has 2 aromatic heterocycles. The quantitative estimate of drug-likeness (QED) is 0.790. The van der Waals surface area contributed by atoms with E-state index in [4.69, 9.17) is 9.26 Å². The standard InChI is InChI=1S/C18H27N5O3/c1-13(2)16-21-17(26-22-16)15(14-5-11-25-12-6-14)20-18(24)19-7-10-23-8-3-4-9-23/h3-4,8-9,13-15H,5-7,10-12H2,1-2H3,(H2,19,20,24)/t15-/m1/s1. The first-order chi connectivity index (χ1) is 12.6. The highest BCUT2D eigenvalue weighted by Crippen LogP contribution is 2.29. The molecule has 2 amide bonds. The van der Waals surface area contributed by atoms with E-state index in [2.05, 4.69) is 20.8 Å². The van der Waals surface area contributed by atoms with Crippen molar-refractivity contribution in [2.45, 2.75) is 45.2 Å². The molecule has 1 aliphatic rings. The lowest BCUT2D eigenvalue weighted by Gasteiger charge is -2.28. The SMILES string of the molecule is CC(C)c1noc([C@H](NC(=O)NCCn2cccc2)C2CCOCC2)n1. The molecule has 1 saturated heterocycles. The molecule has 2 aromatic rings. The van der Waals surface area contributed by atoms with E-state index >= 15 is 0 Å². The molecule has 3 heterocycles. The van der Waals surface area contributed by atoms with Crippen LogP contribution < -0.4 is 10.6 Å². The van der Waals surface area contributed by atoms with Crippen molar-refractivity contribution in [1.29, 1.82) is 0 Å². The fourth-order valence-electron chi connectivity index (χ4n) is 3.05. The monoisotopic (exact) mass is 361 g/mol. The molecule has 1 aliphatic heterocycles. The van der Waals surface area contributed by atoms with Gasteiger partial charge in [0.15, 0.2) is 5.82 Å². The van der Waals surface area contributed by atoms with Crippen molar-refractivity contribution in [3.8, 4) is 0 Å². The second kappa shape index (κ2) is 8.84. The summed E-state index contributed by atoms with van der Waals surface area (Å²) < 4.78 is 12.9. The molecule has 26 heavy (non-hydrogen) atoms. The highest BCUT2D eigenvalue weighted by molar-refractivity contribution is 5.74. The van der Waals surface area contributed by atoms with Gasteiger partial charge in [-0.25, -0.2) is 4.79 Å². The summed E-state index contributed by atoms with van der Waals surface area (Å²) in [6, 6.07) is 3.40. The second-order valence-corrected chi connectivity index (χ2v) is 6.89. The van der Waals surface area contributed by atoms with E-state index in [0.29, 0.717) is 31.5 Å². The maximum atomic E-state index is 12.4. The van der Waals surface area contributed by atoms with Crippen molar-refractivity contribution < 1.29 is 14.1 Å². The molecule has 0 spiro atoms. The third-order valence-corrected chi connectivity index (χ3v) is 4.59. The molecule has 1 fully saturated rings. The van der Waals surface area contributed by atoms with Crippen molar-refractivity contribution in [2.24, 2.45) is 5.92 Å². The molecule has 1 atom stereocenters. The summed E-state index contributed by atoms with van der Waals surface area (Å²) in [7, 11) is 0. The molecule has 142 valence electrons. The van der Waals surface area contributed by atoms with Crippen molar-refractivity contribution in [3.63, 3.8) is 0 Å². The van der Waals surface area contributed by atoms with Crippen LogP contribution in [0.25, 0.3) is 0 Å². The number of carbonyl (C=O) groups excluding carboxylic acids is 1. The number of nitrogens with zero attached hydrogens (tertiary/aromatic N) is 3. The third-order valence-electron chi connectivity index (χ3n) is 4.59. The molecule has 0 unspecified atom stereocenters. The van der Waals surface area contributed by atoms with Crippen LogP contribution in [-0.2, 0) is 11.3 Å². The average Bonchev–Trinajstić information content (AvgIpc) is 3.32. The first kappa shape index (κ1) is 18.4. The fourth-order valence-corrected chi connectivity index (χ4v) is 3.05. The molecule has 0 saturated carbocycles. The lowest BCUT2D eigenvalue weighted by molar-refractivity contribution is 0.0503. The summed E-state index contributed by atoms with van der Waals surface area (Å²) in [5, 5.41) is 9.96. The zero-order valence-corrected chi connectivity index (χ0v) is 15.4. The summed E-state index contributed by atoms with van der Waals surface area (Å²) in [6.45, 7) is 6.66. The van der Waals surface area contributed by atoms with Gasteiger partial charge in [0.05, 0.1) is 0 Å². The van der Waals surface area contributed by atoms with Gasteiger partial charge in [-0.3, -0.25) is 0 Å². The average molecular weight is 361 g/mol. The van der Waals surface area contributed by atoms with E-state index < -0.39 is 0 Å². The Balaban J connectivity index is 1.61. The van der Waals surface area contributed by atoms with Crippen LogP contribution in [-0.4, -0.2) is 40.5 Å². The normalized spacial score (nSPS) is 16.6. The van der Waals surface area contributed by atoms with Gasteiger partial charge in [0.2, 0.25) is 5.89 Å². The van der Waals surface area contributed by atoms with E-state index in [-0.39, 0.29) is 23.9 Å². The Kier molecular flexibility index (Phi) is 6.27. The van der Waals surface area contributed by atoms with Crippen LogP contribution in [0, 0.1) is 5.92 Å². The number of ether oxygens (including phenoxy) is 1. The number of urea groups is 1. The number of hydrogen-bond acceptors (Lipinski definition) is 5. The fraction of sp³-hybridized carbons (Fsp3) is 0.611. The second-order valence-electron chi connectivity index (χ2n) is 6.89. The summed E-state index contributed by atoms with van der Waals surface area (Å²) in [5.74, 6) is 1.53. The first-order valence-corrected chi connectivity index (χ1v) is 9.20. The number of hydrogen-bond donors (Lipinski definition) is 2. The Morgan fingerprint density at radius 2 is 2.04 bits per heavy atom. The number of aromatic nitrogens is 3. The number of rotatable bonds is 7. The summed E-state index contributed by atoms with van der Waals surface area (Å²) in [6.07, 6.45) is 5.65. The van der Waals surface area contributed by atoms with E-state index in [1.165, 1.54) is 0 Å². The highest BCUT2D eigenvalue weighted by atomic mass is 16.5. The first-order valence-electron chi connectivity index (χ1n) is 9.20. The van der Waals surface area contributed by atoms with Gasteiger partial charge in [-0.1, -0.05) is 19.0 Å². The van der Waals surface area contributed by atoms with E-state index in [9.17, 15) is 4.79 Å². The molecule has 0 radical (unpaired) electrons. The Morgan fingerprint density at radius 1 is 1.31 bits per heavy atom. The summed E-state index contributed by atoms with van der Waals surface area (Å²) >= 11 is 0. The summed E-state index contributed by atoms with van der Waals surface area (Å²) in [5.41, 5.74) is 0. The lowest BCUT2D eigenvalue weighted by Crippen LogP contribution is -2.42. The maximum absolute atomic E-state index is 12.4. The maximum Gasteiger partial charge on any atom is 0.315 e. The molecule has 3 rings (SSSR count). The van der Waals surface area contributed by atoms with E-state index in [1.807, 2.05) is 42.9 Å². The molecule has 0 aliphatic carbocycles. The van der Waals surface area contributed by atoms with E-state index in [0.717, 1.165) is 19.4 Å². The molecule has 0 aromatic carbocycles. The van der Waals surface area contributed by atoms with Gasteiger partial charge in [0, 0.05) is 44.6 Å². The minimum atomic E-state index is -0.300. The minimum Gasteiger partial charge on any atom is -0.381 e. The van der Waals surface area contributed by atoms with Gasteiger partial charge >= 0.3 is 6.03 Å². The molecular weight excluding hydrogens is 334 g/mol. The topological polar surface area (TPSA) is 94.2 Å². The van der Waals surface area contributed by atoms with Gasteiger partial charge in [0.1, 0.15) is 6.04 Å². The molecule has 2 N–H and O–H groups in total. The third kappa shape index (κ3) is 4.85. The van der Waals surface area contributed by atoms with Crippen molar-refractivity contribution in [1.82, 2.24) is 25.3 Å². The Hall–Kier alpha value is -2.35. The van der Waals surface area contributed by atoms with Crippen LogP contribution in [0.15, 0.2) is 29.0 Å².